The van der Waals surface area contributed by atoms with Crippen LogP contribution in [0.4, 0.5) is 4.79 Å². The number of ether oxygens (including phenoxy) is 3. The van der Waals surface area contributed by atoms with Gasteiger partial charge in [-0.25, -0.2) is 18.0 Å². The smallest absolute Gasteiger partial charge is 0.464 e. The van der Waals surface area contributed by atoms with E-state index < -0.39 is 40.2 Å². The Morgan fingerprint density at radius 2 is 1.76 bits per heavy atom. The molecule has 0 saturated carbocycles. The van der Waals surface area contributed by atoms with Crippen LogP contribution in [-0.2, 0) is 48.2 Å². The predicted octanol–water partition coefficient (Wildman–Crippen LogP) is 6.38. The molecule has 0 spiro atoms. The molecule has 0 saturated heterocycles. The minimum atomic E-state index is -3.58. The van der Waals surface area contributed by atoms with Crippen molar-refractivity contribution < 1.29 is 46.2 Å². The quantitative estimate of drug-likeness (QED) is 0.134. The number of sulfone groups is 1. The molecule has 2 atom stereocenters. The minimum absolute atomic E-state index is 0.0119. The van der Waals surface area contributed by atoms with Gasteiger partial charge in [-0.1, -0.05) is 55.2 Å². The first kappa shape index (κ1) is 37.7. The molecule has 0 radical (unpaired) electrons. The average Bonchev–Trinajstić information content (AvgIpc) is 3.54. The number of furan rings is 1. The fraction of sp³-hybridized carbons (Fsp3) is 0.333. The highest BCUT2D eigenvalue weighted by molar-refractivity contribution is 7.90. The predicted molar refractivity (Wildman–Crippen MR) is 188 cm³/mol. The molecule has 51 heavy (non-hydrogen) atoms. The normalized spacial score (nSPS) is 14.1. The number of halogens is 2. The first-order valence-electron chi connectivity index (χ1n) is 16.0. The molecule has 3 aromatic carbocycles. The number of rotatable bonds is 11. The number of carbonyl (C=O) groups is 4. The molecule has 1 aliphatic rings. The third-order valence-corrected chi connectivity index (χ3v) is 9.88. The maximum Gasteiger partial charge on any atom is 0.511 e. The molecule has 0 bridgehead atoms. The van der Waals surface area contributed by atoms with Crippen molar-refractivity contribution >= 4 is 67.9 Å². The highest BCUT2D eigenvalue weighted by Gasteiger charge is 2.31. The van der Waals surface area contributed by atoms with Crippen LogP contribution in [0.3, 0.4) is 0 Å². The summed E-state index contributed by atoms with van der Waals surface area (Å²) in [6.45, 7) is 5.57. The molecule has 15 heteroatoms. The van der Waals surface area contributed by atoms with Crippen molar-refractivity contribution in [1.82, 2.24) is 10.2 Å². The van der Waals surface area contributed by atoms with E-state index in [1.165, 1.54) is 25.1 Å². The number of benzene rings is 3. The molecular weight excluding hydrogens is 723 g/mol. The van der Waals surface area contributed by atoms with Crippen LogP contribution < -0.4 is 5.32 Å². The number of amides is 2. The topological polar surface area (TPSA) is 159 Å². The Kier molecular flexibility index (Phi) is 11.6. The van der Waals surface area contributed by atoms with Gasteiger partial charge < -0.3 is 28.8 Å². The Labute approximate surface area is 304 Å². The number of hydrogen-bond acceptors (Lipinski definition) is 10. The van der Waals surface area contributed by atoms with Crippen molar-refractivity contribution in [2.24, 2.45) is 5.92 Å². The van der Waals surface area contributed by atoms with Crippen LogP contribution >= 0.6 is 23.2 Å². The monoisotopic (exact) mass is 758 g/mol. The molecule has 2 heterocycles. The number of nitrogens with zero attached hydrogens (tertiary/aromatic N) is 1. The van der Waals surface area contributed by atoms with E-state index in [9.17, 15) is 27.6 Å². The average molecular weight is 760 g/mol. The van der Waals surface area contributed by atoms with E-state index in [0.29, 0.717) is 40.8 Å². The lowest BCUT2D eigenvalue weighted by molar-refractivity contribution is -0.170. The first-order chi connectivity index (χ1) is 24.1. The lowest BCUT2D eigenvalue weighted by atomic mass is 9.95. The van der Waals surface area contributed by atoms with Crippen LogP contribution in [0.25, 0.3) is 11.0 Å². The van der Waals surface area contributed by atoms with Gasteiger partial charge in [0.05, 0.1) is 33.4 Å². The van der Waals surface area contributed by atoms with E-state index in [4.69, 9.17) is 41.8 Å². The molecule has 12 nitrogen and oxygen atoms in total. The van der Waals surface area contributed by atoms with Crippen LogP contribution in [0, 0.1) is 5.92 Å². The van der Waals surface area contributed by atoms with Crippen molar-refractivity contribution in [2.45, 2.75) is 57.4 Å². The molecule has 4 aromatic rings. The van der Waals surface area contributed by atoms with E-state index in [1.54, 1.807) is 35.4 Å². The molecule has 1 unspecified atom stereocenters. The van der Waals surface area contributed by atoms with Gasteiger partial charge in [-0.3, -0.25) is 9.59 Å². The molecule has 1 N–H and O–H groups in total. The lowest BCUT2D eigenvalue weighted by Crippen LogP contribution is -2.45. The molecule has 1 aromatic heterocycles. The highest BCUT2D eigenvalue weighted by Crippen LogP contribution is 2.35. The second-order valence-electron chi connectivity index (χ2n) is 12.6. The van der Waals surface area contributed by atoms with Crippen molar-refractivity contribution in [3.05, 3.63) is 98.7 Å². The summed E-state index contributed by atoms with van der Waals surface area (Å²) >= 11 is 13.4. The molecule has 5 rings (SSSR count). The van der Waals surface area contributed by atoms with Crippen LogP contribution in [0.5, 0.6) is 0 Å². The maximum atomic E-state index is 13.8. The van der Waals surface area contributed by atoms with Gasteiger partial charge in [-0.05, 0) is 65.4 Å². The van der Waals surface area contributed by atoms with Crippen LogP contribution in [-0.4, -0.2) is 69.0 Å². The number of hydrogen-bond donors (Lipinski definition) is 1. The Morgan fingerprint density at radius 3 is 2.49 bits per heavy atom. The number of carbonyl (C=O) groups excluding carboxylic acids is 4. The lowest BCUT2D eigenvalue weighted by Gasteiger charge is -2.30. The summed E-state index contributed by atoms with van der Waals surface area (Å²) < 4.78 is 45.2. The minimum Gasteiger partial charge on any atom is -0.464 e. The van der Waals surface area contributed by atoms with Crippen LogP contribution in [0.15, 0.2) is 70.2 Å². The summed E-state index contributed by atoms with van der Waals surface area (Å²) in [5.74, 6) is -1.95. The Bertz CT molecular complexity index is 2100. The van der Waals surface area contributed by atoms with Crippen molar-refractivity contribution in [1.29, 1.82) is 0 Å². The van der Waals surface area contributed by atoms with Crippen molar-refractivity contribution in [3.8, 4) is 0 Å². The molecule has 2 amide bonds. The molecule has 270 valence electrons. The fourth-order valence-electron chi connectivity index (χ4n) is 5.54. The fourth-order valence-corrected chi connectivity index (χ4v) is 7.00. The zero-order valence-corrected chi connectivity index (χ0v) is 30.6. The summed E-state index contributed by atoms with van der Waals surface area (Å²) in [4.78, 5) is 54.3. The molecule has 1 aliphatic heterocycles. The standard InChI is InChI=1S/C36H36Cl2N2O10S/c1-20(2)19-48-36(44)50-21(3)49-35(43)29(15-22-6-5-7-26(14-22)51(4,45)46)39-33(41)31-28(37)16-25-18-40(12-10-27(25)32(31)38)34(42)24-9-8-23-11-13-47-30(23)17-24/h5-9,11,13-14,16-17,20-21,29H,10,12,15,18-19H2,1-4H3,(H,39,41)/t21?,29-/m0/s1. The second kappa shape index (κ2) is 15.7. The van der Waals surface area contributed by atoms with Crippen molar-refractivity contribution in [2.75, 3.05) is 19.4 Å². The largest absolute Gasteiger partial charge is 0.511 e. The van der Waals surface area contributed by atoms with Crippen LogP contribution in [0.2, 0.25) is 10.0 Å². The molecule has 0 fully saturated rings. The van der Waals surface area contributed by atoms with Gasteiger partial charge in [0.2, 0.25) is 6.29 Å². The summed E-state index contributed by atoms with van der Waals surface area (Å²) in [5.41, 5.74) is 2.63. The SMILES string of the molecule is CC(C)COC(=O)OC(C)OC(=O)[C@H](Cc1cccc(S(C)(=O)=O)c1)NC(=O)c1c(Cl)cc2c(c1Cl)CCN(C(=O)c1ccc3ccoc3c1)C2. The Morgan fingerprint density at radius 1 is 1.00 bits per heavy atom. The van der Waals surface area contributed by atoms with Gasteiger partial charge in [0.25, 0.3) is 11.8 Å². The number of fused-ring (bicyclic) bond motifs is 2. The number of esters is 1. The molecule has 0 aliphatic carbocycles. The number of nitrogens with one attached hydrogen (secondary N) is 1. The van der Waals surface area contributed by atoms with Crippen molar-refractivity contribution in [3.63, 3.8) is 0 Å². The molecular formula is C36H36Cl2N2O10S. The van der Waals surface area contributed by atoms with E-state index in [-0.39, 0.29) is 51.9 Å². The third-order valence-electron chi connectivity index (χ3n) is 8.06. The van der Waals surface area contributed by atoms with Gasteiger partial charge in [-0.2, -0.15) is 0 Å². The Hall–Kier alpha value is -4.59. The highest BCUT2D eigenvalue weighted by atomic mass is 35.5. The zero-order chi connectivity index (χ0) is 37.0. The zero-order valence-electron chi connectivity index (χ0n) is 28.2. The van der Waals surface area contributed by atoms with E-state index in [2.05, 4.69) is 5.32 Å². The summed E-state index contributed by atoms with van der Waals surface area (Å²) in [6, 6.07) is 13.1. The van der Waals surface area contributed by atoms with Gasteiger partial charge in [0, 0.05) is 43.6 Å². The summed E-state index contributed by atoms with van der Waals surface area (Å²) in [7, 11) is -3.58. The van der Waals surface area contributed by atoms with Gasteiger partial charge >= 0.3 is 12.1 Å². The van der Waals surface area contributed by atoms with E-state index in [0.717, 1.165) is 11.6 Å². The maximum absolute atomic E-state index is 13.8. The van der Waals surface area contributed by atoms with Gasteiger partial charge in [0.1, 0.15) is 11.6 Å². The van der Waals surface area contributed by atoms with Crippen LogP contribution in [0.1, 0.15) is 58.2 Å². The van der Waals surface area contributed by atoms with E-state index >= 15 is 0 Å². The van der Waals surface area contributed by atoms with Gasteiger partial charge in [-0.15, -0.1) is 0 Å². The van der Waals surface area contributed by atoms with E-state index in [1.807, 2.05) is 26.0 Å². The second-order valence-corrected chi connectivity index (χ2v) is 15.4. The summed E-state index contributed by atoms with van der Waals surface area (Å²) in [6.07, 6.45) is 0.299. The third kappa shape index (κ3) is 9.21. The van der Waals surface area contributed by atoms with Gasteiger partial charge in [0.15, 0.2) is 9.84 Å². The summed E-state index contributed by atoms with van der Waals surface area (Å²) in [5, 5.41) is 3.54. The Balaban J connectivity index is 1.35. The first-order valence-corrected chi connectivity index (χ1v) is 18.7.